The first-order valence-corrected chi connectivity index (χ1v) is 11.6. The number of ether oxygens (including phenoxy) is 4. The summed E-state index contributed by atoms with van der Waals surface area (Å²) in [7, 11) is 2.77. The first-order chi connectivity index (χ1) is 18.8. The van der Waals surface area contributed by atoms with Crippen molar-refractivity contribution < 1.29 is 41.7 Å². The van der Waals surface area contributed by atoms with Crippen molar-refractivity contribution >= 4 is 23.3 Å². The normalized spacial score (nSPS) is 12.5. The van der Waals surface area contributed by atoms with Crippen LogP contribution in [0.3, 0.4) is 0 Å². The fourth-order valence-electron chi connectivity index (χ4n) is 3.49. The van der Waals surface area contributed by atoms with Crippen LogP contribution in [0.2, 0.25) is 0 Å². The molecule has 1 aromatic heterocycles. The Morgan fingerprint density at radius 2 is 1.88 bits per heavy atom. The Labute approximate surface area is 225 Å². The molecular formula is C25H23F3N6O6. The minimum atomic E-state index is -4.80. The third-order valence-electron chi connectivity index (χ3n) is 5.28. The fourth-order valence-corrected chi connectivity index (χ4v) is 3.49. The molecule has 210 valence electrons. The van der Waals surface area contributed by atoms with Crippen molar-refractivity contribution in [2.75, 3.05) is 32.6 Å². The van der Waals surface area contributed by atoms with Crippen LogP contribution in [0, 0.1) is 5.41 Å². The van der Waals surface area contributed by atoms with Crippen LogP contribution in [0.4, 0.5) is 18.9 Å². The Kier molecular flexibility index (Phi) is 7.65. The molecule has 0 bridgehead atoms. The second kappa shape index (κ2) is 11.0. The van der Waals surface area contributed by atoms with Crippen molar-refractivity contribution in [3.63, 3.8) is 0 Å². The predicted octanol–water partition coefficient (Wildman–Crippen LogP) is 3.80. The molecule has 0 fully saturated rings. The van der Waals surface area contributed by atoms with Gasteiger partial charge in [0.15, 0.2) is 23.8 Å². The van der Waals surface area contributed by atoms with Gasteiger partial charge in [0.2, 0.25) is 5.88 Å². The third-order valence-corrected chi connectivity index (χ3v) is 5.28. The molecule has 0 unspecified atom stereocenters. The maximum absolute atomic E-state index is 13.6. The lowest BCUT2D eigenvalue weighted by molar-refractivity contribution is -0.137. The molecular weight excluding hydrogens is 537 g/mol. The standard InChI is InChI=1S/C25H23F3N6O6/c1-4-37-16-6-5-12(20(29)30)9-17(16)40-24-32-21-19(31-18(35)11-38-21)22(33-24)39-15-8-13(23(36)34(2)3)7-14(10-15)25(26,27)28/h5-10H,4,11H2,1-3H3,(H3,29,30)(H,31,35). The molecule has 0 saturated heterocycles. The molecule has 1 aliphatic rings. The van der Waals surface area contributed by atoms with E-state index in [2.05, 4.69) is 15.3 Å². The van der Waals surface area contributed by atoms with Gasteiger partial charge in [-0.2, -0.15) is 23.1 Å². The zero-order valence-electron chi connectivity index (χ0n) is 21.4. The summed E-state index contributed by atoms with van der Waals surface area (Å²) in [6, 6.07) is 6.56. The van der Waals surface area contributed by atoms with Crippen molar-refractivity contribution in [1.29, 1.82) is 5.41 Å². The highest BCUT2D eigenvalue weighted by Gasteiger charge is 2.33. The summed E-state index contributed by atoms with van der Waals surface area (Å²) < 4.78 is 63.2. The van der Waals surface area contributed by atoms with Gasteiger partial charge < -0.3 is 34.9 Å². The molecule has 1 aliphatic heterocycles. The van der Waals surface area contributed by atoms with Crippen LogP contribution in [0.1, 0.15) is 28.4 Å². The average molecular weight is 560 g/mol. The van der Waals surface area contributed by atoms with Crippen LogP contribution < -0.4 is 30.0 Å². The largest absolute Gasteiger partial charge is 0.490 e. The molecule has 0 atom stereocenters. The van der Waals surface area contributed by atoms with Gasteiger partial charge in [0, 0.05) is 25.2 Å². The summed E-state index contributed by atoms with van der Waals surface area (Å²) in [4.78, 5) is 33.8. The molecule has 0 radical (unpaired) electrons. The number of carbonyl (C=O) groups is 2. The van der Waals surface area contributed by atoms with Crippen molar-refractivity contribution in [3.8, 4) is 35.0 Å². The fraction of sp³-hybridized carbons (Fsp3) is 0.240. The van der Waals surface area contributed by atoms with Gasteiger partial charge in [0.25, 0.3) is 17.7 Å². The number of benzene rings is 2. The smallest absolute Gasteiger partial charge is 0.416 e. The highest BCUT2D eigenvalue weighted by atomic mass is 19.4. The number of nitrogens with one attached hydrogen (secondary N) is 2. The number of amidine groups is 1. The molecule has 4 N–H and O–H groups in total. The Morgan fingerprint density at radius 1 is 1.12 bits per heavy atom. The molecule has 0 saturated carbocycles. The average Bonchev–Trinajstić information content (AvgIpc) is 2.89. The first-order valence-electron chi connectivity index (χ1n) is 11.6. The van der Waals surface area contributed by atoms with Crippen LogP contribution in [0.15, 0.2) is 36.4 Å². The number of hydrogen-bond donors (Lipinski definition) is 3. The molecule has 0 spiro atoms. The molecule has 0 aliphatic carbocycles. The van der Waals surface area contributed by atoms with Crippen LogP contribution in [0.25, 0.3) is 0 Å². The van der Waals surface area contributed by atoms with Gasteiger partial charge in [-0.3, -0.25) is 15.0 Å². The highest BCUT2D eigenvalue weighted by molar-refractivity contribution is 5.97. The van der Waals surface area contributed by atoms with Gasteiger partial charge in [-0.25, -0.2) is 0 Å². The molecule has 40 heavy (non-hydrogen) atoms. The summed E-state index contributed by atoms with van der Waals surface area (Å²) in [6.45, 7) is 1.61. The van der Waals surface area contributed by atoms with Crippen molar-refractivity contribution in [2.24, 2.45) is 5.73 Å². The molecule has 2 aromatic carbocycles. The van der Waals surface area contributed by atoms with Gasteiger partial charge in [-0.05, 0) is 43.3 Å². The van der Waals surface area contributed by atoms with Crippen LogP contribution in [0.5, 0.6) is 35.0 Å². The summed E-state index contributed by atoms with van der Waals surface area (Å²) in [5.41, 5.74) is 4.28. The third kappa shape index (κ3) is 6.14. The number of amides is 2. The number of carbonyl (C=O) groups excluding carboxylic acids is 2. The van der Waals surface area contributed by atoms with E-state index < -0.39 is 41.8 Å². The lowest BCUT2D eigenvalue weighted by Crippen LogP contribution is -2.26. The minimum Gasteiger partial charge on any atom is -0.490 e. The van der Waals surface area contributed by atoms with Crippen LogP contribution in [-0.2, 0) is 11.0 Å². The zero-order chi connectivity index (χ0) is 29.2. The van der Waals surface area contributed by atoms with E-state index in [1.165, 1.54) is 26.2 Å². The molecule has 12 nitrogen and oxygen atoms in total. The number of fused-ring (bicyclic) bond motifs is 1. The van der Waals surface area contributed by atoms with Crippen molar-refractivity contribution in [3.05, 3.63) is 53.1 Å². The second-order valence-electron chi connectivity index (χ2n) is 8.48. The maximum atomic E-state index is 13.6. The van der Waals surface area contributed by atoms with E-state index in [1.807, 2.05) is 0 Å². The zero-order valence-corrected chi connectivity index (χ0v) is 21.4. The lowest BCUT2D eigenvalue weighted by Gasteiger charge is -2.21. The number of rotatable bonds is 8. The lowest BCUT2D eigenvalue weighted by atomic mass is 10.1. The Hall–Kier alpha value is -5.08. The number of anilines is 1. The molecule has 4 rings (SSSR count). The van der Waals surface area contributed by atoms with E-state index in [0.29, 0.717) is 17.7 Å². The number of nitrogens with zero attached hydrogens (tertiary/aromatic N) is 3. The van der Waals surface area contributed by atoms with Gasteiger partial charge in [0.05, 0.1) is 12.2 Å². The topological polar surface area (TPSA) is 162 Å². The van der Waals surface area contributed by atoms with E-state index in [1.54, 1.807) is 13.0 Å². The van der Waals surface area contributed by atoms with Gasteiger partial charge in [0.1, 0.15) is 11.6 Å². The Morgan fingerprint density at radius 3 is 2.52 bits per heavy atom. The SMILES string of the molecule is CCOc1ccc(C(=N)N)cc1Oc1nc2c(c(Oc3cc(C(=O)N(C)C)cc(C(F)(F)F)c3)n1)NC(=O)CO2. The number of halogens is 3. The quantitative estimate of drug-likeness (QED) is 0.275. The highest BCUT2D eigenvalue weighted by Crippen LogP contribution is 2.41. The van der Waals surface area contributed by atoms with Crippen molar-refractivity contribution in [1.82, 2.24) is 14.9 Å². The number of aromatic nitrogens is 2. The molecule has 3 aromatic rings. The minimum absolute atomic E-state index is 0.0678. The summed E-state index contributed by atoms with van der Waals surface area (Å²) in [6.07, 6.45) is -4.80. The monoisotopic (exact) mass is 560 g/mol. The molecule has 2 heterocycles. The van der Waals surface area contributed by atoms with Gasteiger partial charge in [-0.1, -0.05) is 0 Å². The van der Waals surface area contributed by atoms with E-state index >= 15 is 0 Å². The van der Waals surface area contributed by atoms with Crippen LogP contribution >= 0.6 is 0 Å². The van der Waals surface area contributed by atoms with Crippen molar-refractivity contribution in [2.45, 2.75) is 13.1 Å². The van der Waals surface area contributed by atoms with E-state index in [-0.39, 0.29) is 47.1 Å². The summed E-state index contributed by atoms with van der Waals surface area (Å²) >= 11 is 0. The number of nitrogens with two attached hydrogens (primary N) is 1. The van der Waals surface area contributed by atoms with Gasteiger partial charge in [-0.15, -0.1) is 0 Å². The van der Waals surface area contributed by atoms with E-state index in [9.17, 15) is 22.8 Å². The maximum Gasteiger partial charge on any atom is 0.416 e. The number of hydrogen-bond acceptors (Lipinski definition) is 9. The van der Waals surface area contributed by atoms with Crippen LogP contribution in [-0.4, -0.2) is 59.8 Å². The molecule has 15 heteroatoms. The number of alkyl halides is 3. The summed E-state index contributed by atoms with van der Waals surface area (Å²) in [5, 5.41) is 10.1. The Bertz CT molecular complexity index is 1490. The predicted molar refractivity (Wildman–Crippen MR) is 134 cm³/mol. The second-order valence-corrected chi connectivity index (χ2v) is 8.48. The van der Waals surface area contributed by atoms with E-state index in [0.717, 1.165) is 11.0 Å². The Balaban J connectivity index is 1.80. The van der Waals surface area contributed by atoms with E-state index in [4.69, 9.17) is 30.1 Å². The summed E-state index contributed by atoms with van der Waals surface area (Å²) in [5.74, 6) is -2.21. The molecule has 2 amide bonds. The van der Waals surface area contributed by atoms with Gasteiger partial charge >= 0.3 is 12.2 Å². The first kappa shape index (κ1) is 27.9. The number of nitrogen functional groups attached to an aromatic ring is 1.